The maximum Gasteiger partial charge on any atom is 0.323 e. The molecule has 220 valence electrons. The van der Waals surface area contributed by atoms with Crippen LogP contribution >= 0.6 is 0 Å². The van der Waals surface area contributed by atoms with Crippen LogP contribution in [0, 0.1) is 0 Å². The fourth-order valence-corrected chi connectivity index (χ4v) is 9.69. The number of carbonyl (C=O) groups is 1. The fourth-order valence-electron chi connectivity index (χ4n) is 9.69. The molecule has 4 heteroatoms. The Morgan fingerprint density at radius 2 is 0.891 bits per heavy atom. The van der Waals surface area contributed by atoms with Gasteiger partial charge in [0.1, 0.15) is 5.41 Å². The van der Waals surface area contributed by atoms with Crippen molar-refractivity contribution in [3.63, 3.8) is 0 Å². The van der Waals surface area contributed by atoms with E-state index in [-0.39, 0.29) is 11.8 Å². The highest BCUT2D eigenvalue weighted by Crippen LogP contribution is 2.62. The maximum atomic E-state index is 13.5. The Balaban J connectivity index is 1.21. The summed E-state index contributed by atoms with van der Waals surface area (Å²) in [4.78, 5) is 13.5. The number of aliphatic carboxylic acids is 1. The molecule has 0 spiro atoms. The lowest BCUT2D eigenvalue weighted by Gasteiger charge is -2.51. The van der Waals surface area contributed by atoms with Gasteiger partial charge in [0.15, 0.2) is 6.29 Å². The third-order valence-electron chi connectivity index (χ3n) is 11.3. The monoisotopic (exact) mass is 596 g/mol. The van der Waals surface area contributed by atoms with Crippen molar-refractivity contribution in [2.24, 2.45) is 0 Å². The zero-order chi connectivity index (χ0) is 30.9. The van der Waals surface area contributed by atoms with E-state index in [1.807, 2.05) is 84.9 Å². The van der Waals surface area contributed by atoms with E-state index in [1.165, 1.54) is 0 Å². The Bertz CT molecular complexity index is 2220. The number of aliphatic hydroxyl groups excluding tert-OH is 1. The molecule has 4 bridgehead atoms. The molecule has 6 aromatic rings. The number of carboxylic acids is 1. The fraction of sp³-hybridized carbons (Fsp3) is 0.119. The van der Waals surface area contributed by atoms with Crippen molar-refractivity contribution in [2.45, 2.75) is 29.0 Å². The Morgan fingerprint density at radius 1 is 0.478 bits per heavy atom. The lowest BCUT2D eigenvalue weighted by molar-refractivity contribution is -0.141. The molecule has 0 saturated carbocycles. The van der Waals surface area contributed by atoms with Gasteiger partial charge in [-0.05, 0) is 90.0 Å². The Morgan fingerprint density at radius 3 is 1.43 bits per heavy atom. The van der Waals surface area contributed by atoms with Gasteiger partial charge in [0.05, 0.1) is 5.41 Å². The first-order chi connectivity index (χ1) is 22.5. The molecule has 4 nitrogen and oxygen atoms in total. The number of rotatable bonds is 3. The maximum absolute atomic E-state index is 13.5. The molecular formula is C42H28O4. The highest BCUT2D eigenvalue weighted by molar-refractivity contribution is 5.97. The summed E-state index contributed by atoms with van der Waals surface area (Å²) in [6, 6.07) is 44.8. The van der Waals surface area contributed by atoms with Crippen LogP contribution in [0.1, 0.15) is 78.6 Å². The van der Waals surface area contributed by atoms with Crippen molar-refractivity contribution < 1.29 is 20.1 Å². The van der Waals surface area contributed by atoms with E-state index < -0.39 is 23.1 Å². The quantitative estimate of drug-likeness (QED) is 0.192. The lowest BCUT2D eigenvalue weighted by atomic mass is 9.52. The van der Waals surface area contributed by atoms with E-state index in [0.717, 1.165) is 77.9 Å². The number of aliphatic hydroxyl groups is 2. The van der Waals surface area contributed by atoms with Crippen molar-refractivity contribution in [2.75, 3.05) is 0 Å². The van der Waals surface area contributed by atoms with Gasteiger partial charge < -0.3 is 15.3 Å². The van der Waals surface area contributed by atoms with Gasteiger partial charge >= 0.3 is 5.97 Å². The van der Waals surface area contributed by atoms with E-state index in [1.54, 1.807) is 0 Å². The second kappa shape index (κ2) is 8.70. The first kappa shape index (κ1) is 26.0. The zero-order valence-corrected chi connectivity index (χ0v) is 24.7. The molecule has 6 aliphatic rings. The third kappa shape index (κ3) is 2.78. The van der Waals surface area contributed by atoms with Crippen molar-refractivity contribution in [3.8, 4) is 11.1 Å². The molecule has 0 radical (unpaired) electrons. The lowest BCUT2D eigenvalue weighted by Crippen LogP contribution is -2.50. The Labute approximate surface area is 265 Å². The summed E-state index contributed by atoms with van der Waals surface area (Å²) in [5.74, 6) is -0.957. The molecule has 0 unspecified atom stereocenters. The van der Waals surface area contributed by atoms with E-state index in [2.05, 4.69) is 48.5 Å². The van der Waals surface area contributed by atoms with Gasteiger partial charge in [-0.1, -0.05) is 121 Å². The third-order valence-corrected chi connectivity index (χ3v) is 11.3. The van der Waals surface area contributed by atoms with Gasteiger partial charge in [-0.3, -0.25) is 4.79 Å². The van der Waals surface area contributed by atoms with Crippen LogP contribution in [0.2, 0.25) is 0 Å². The highest BCUT2D eigenvalue weighted by atomic mass is 16.5. The molecule has 0 aromatic heterocycles. The molecule has 0 fully saturated rings. The van der Waals surface area contributed by atoms with E-state index in [0.29, 0.717) is 0 Å². The average molecular weight is 597 g/mol. The largest absolute Gasteiger partial charge is 0.480 e. The summed E-state index contributed by atoms with van der Waals surface area (Å²) in [7, 11) is 0. The SMILES string of the molecule is O=C(O)C12c3ccccc3C(c3ccccc31)c1cc(-c3ccc4c(c3)C3(C(O)O)c5ccccc5C4c4ccccc43)ccc12. The van der Waals surface area contributed by atoms with Crippen molar-refractivity contribution >= 4 is 5.97 Å². The van der Waals surface area contributed by atoms with Crippen molar-refractivity contribution in [3.05, 3.63) is 200 Å². The standard InChI is InChI=1S/C42H28O4/c43-39(44)41-31-13-5-3-11-27(31)38(28-12-4-6-14-32(28)41)30-21-23(18-20-35(30)41)24-17-19-29-36(22-24)42(40(45)46)33-15-7-1-9-25(33)37(29)26-10-2-8-16-34(26)42/h1-22,37-38,40,45-46H,(H,43,44). The summed E-state index contributed by atoms with van der Waals surface area (Å²) >= 11 is 0. The van der Waals surface area contributed by atoms with Crippen LogP contribution in [0.15, 0.2) is 133 Å². The molecule has 46 heavy (non-hydrogen) atoms. The summed E-state index contributed by atoms with van der Waals surface area (Å²) in [6.45, 7) is 0. The minimum atomic E-state index is -1.66. The van der Waals surface area contributed by atoms with Crippen LogP contribution in [-0.2, 0) is 15.6 Å². The minimum Gasteiger partial charge on any atom is -0.480 e. The predicted molar refractivity (Wildman–Crippen MR) is 175 cm³/mol. The van der Waals surface area contributed by atoms with E-state index >= 15 is 0 Å². The highest BCUT2D eigenvalue weighted by Gasteiger charge is 2.57. The average Bonchev–Trinajstić information content (AvgIpc) is 3.10. The number of hydrogen-bond acceptors (Lipinski definition) is 3. The van der Waals surface area contributed by atoms with Crippen LogP contribution < -0.4 is 0 Å². The number of carboxylic acid groups (broad SMARTS) is 1. The van der Waals surface area contributed by atoms with E-state index in [4.69, 9.17) is 0 Å². The first-order valence-electron chi connectivity index (χ1n) is 15.8. The van der Waals surface area contributed by atoms with Gasteiger partial charge in [0.25, 0.3) is 0 Å². The second-order valence-electron chi connectivity index (χ2n) is 13.1. The molecule has 0 heterocycles. The molecule has 0 aliphatic heterocycles. The topological polar surface area (TPSA) is 77.8 Å². The van der Waals surface area contributed by atoms with Crippen LogP contribution in [0.3, 0.4) is 0 Å². The minimum absolute atomic E-state index is 0.000212. The zero-order valence-electron chi connectivity index (χ0n) is 24.7. The van der Waals surface area contributed by atoms with Crippen LogP contribution in [0.4, 0.5) is 0 Å². The summed E-state index contributed by atoms with van der Waals surface area (Å²) in [5, 5.41) is 33.7. The van der Waals surface area contributed by atoms with Crippen molar-refractivity contribution in [1.29, 1.82) is 0 Å². The first-order valence-corrected chi connectivity index (χ1v) is 15.8. The summed E-state index contributed by atoms with van der Waals surface area (Å²) in [6.07, 6.45) is -1.66. The molecule has 6 aromatic carbocycles. The number of benzene rings is 6. The molecule has 12 rings (SSSR count). The molecule has 0 saturated heterocycles. The molecule has 0 amide bonds. The van der Waals surface area contributed by atoms with Gasteiger partial charge in [-0.15, -0.1) is 0 Å². The normalized spacial score (nSPS) is 23.5. The Hall–Kier alpha value is -5.29. The summed E-state index contributed by atoms with van der Waals surface area (Å²) in [5.41, 5.74) is 11.1. The van der Waals surface area contributed by atoms with Crippen LogP contribution in [0.25, 0.3) is 11.1 Å². The van der Waals surface area contributed by atoms with Gasteiger partial charge in [0.2, 0.25) is 0 Å². The smallest absolute Gasteiger partial charge is 0.323 e. The van der Waals surface area contributed by atoms with Crippen LogP contribution in [-0.4, -0.2) is 27.6 Å². The van der Waals surface area contributed by atoms with Gasteiger partial charge in [-0.2, -0.15) is 0 Å². The Kier molecular flexibility index (Phi) is 4.91. The number of hydrogen-bond donors (Lipinski definition) is 3. The van der Waals surface area contributed by atoms with Crippen LogP contribution in [0.5, 0.6) is 0 Å². The summed E-state index contributed by atoms with van der Waals surface area (Å²) < 4.78 is 0. The van der Waals surface area contributed by atoms with E-state index in [9.17, 15) is 20.1 Å². The van der Waals surface area contributed by atoms with Gasteiger partial charge in [-0.25, -0.2) is 0 Å². The van der Waals surface area contributed by atoms with Crippen molar-refractivity contribution in [1.82, 2.24) is 0 Å². The molecular weight excluding hydrogens is 568 g/mol. The predicted octanol–water partition coefficient (Wildman–Crippen LogP) is 7.03. The molecule has 6 aliphatic carbocycles. The van der Waals surface area contributed by atoms with Gasteiger partial charge in [0, 0.05) is 11.8 Å². The molecule has 0 atom stereocenters. The molecule has 3 N–H and O–H groups in total. The second-order valence-corrected chi connectivity index (χ2v) is 13.1.